The molecule has 2 aliphatic rings. The molecule has 4 atom stereocenters. The predicted molar refractivity (Wildman–Crippen MR) is 72.6 cm³/mol. The lowest BCUT2D eigenvalue weighted by atomic mass is 9.92. The van der Waals surface area contributed by atoms with Crippen LogP contribution in [0.5, 0.6) is 0 Å². The highest BCUT2D eigenvalue weighted by molar-refractivity contribution is 4.91. The molecule has 0 radical (unpaired) electrons. The van der Waals surface area contributed by atoms with Gasteiger partial charge in [-0.2, -0.15) is 0 Å². The molecule has 0 aromatic heterocycles. The normalized spacial score (nSPS) is 37.0. The van der Waals surface area contributed by atoms with E-state index in [0.717, 1.165) is 32.6 Å². The average Bonchev–Trinajstić information content (AvgIpc) is 2.87. The SMILES string of the molecule is CCCCCC1NCCC(O[C@H]2CCOC2)C1N. The Morgan fingerprint density at radius 3 is 2.94 bits per heavy atom. The van der Waals surface area contributed by atoms with E-state index in [2.05, 4.69) is 12.2 Å². The van der Waals surface area contributed by atoms with Crippen LogP contribution in [0.25, 0.3) is 0 Å². The number of nitrogens with two attached hydrogens (primary N) is 1. The van der Waals surface area contributed by atoms with Gasteiger partial charge in [-0.15, -0.1) is 0 Å². The summed E-state index contributed by atoms with van der Waals surface area (Å²) in [4.78, 5) is 0. The van der Waals surface area contributed by atoms with Crippen molar-refractivity contribution >= 4 is 0 Å². The number of ether oxygens (including phenoxy) is 2. The van der Waals surface area contributed by atoms with Crippen molar-refractivity contribution in [3.8, 4) is 0 Å². The van der Waals surface area contributed by atoms with E-state index in [1.54, 1.807) is 0 Å². The smallest absolute Gasteiger partial charge is 0.0835 e. The van der Waals surface area contributed by atoms with Gasteiger partial charge in [0.2, 0.25) is 0 Å². The molecule has 4 nitrogen and oxygen atoms in total. The first kappa shape index (κ1) is 14.3. The minimum Gasteiger partial charge on any atom is -0.379 e. The summed E-state index contributed by atoms with van der Waals surface area (Å²) < 4.78 is 11.5. The largest absolute Gasteiger partial charge is 0.379 e. The monoisotopic (exact) mass is 256 g/mol. The minimum atomic E-state index is 0.135. The Labute approximate surface area is 111 Å². The van der Waals surface area contributed by atoms with Crippen molar-refractivity contribution in [3.05, 3.63) is 0 Å². The van der Waals surface area contributed by atoms with Gasteiger partial charge in [-0.3, -0.25) is 0 Å². The maximum Gasteiger partial charge on any atom is 0.0835 e. The summed E-state index contributed by atoms with van der Waals surface area (Å²) in [7, 11) is 0. The van der Waals surface area contributed by atoms with Crippen molar-refractivity contribution < 1.29 is 9.47 Å². The van der Waals surface area contributed by atoms with E-state index >= 15 is 0 Å². The maximum absolute atomic E-state index is 6.36. The topological polar surface area (TPSA) is 56.5 Å². The van der Waals surface area contributed by atoms with Gasteiger partial charge in [0.15, 0.2) is 0 Å². The molecule has 0 aromatic rings. The third-order valence-electron chi connectivity index (χ3n) is 4.10. The van der Waals surface area contributed by atoms with Gasteiger partial charge in [0.05, 0.1) is 18.8 Å². The van der Waals surface area contributed by atoms with Gasteiger partial charge < -0.3 is 20.5 Å². The van der Waals surface area contributed by atoms with E-state index < -0.39 is 0 Å². The number of rotatable bonds is 6. The molecule has 0 bridgehead atoms. The van der Waals surface area contributed by atoms with Crippen LogP contribution < -0.4 is 11.1 Å². The van der Waals surface area contributed by atoms with Crippen molar-refractivity contribution in [2.24, 2.45) is 5.73 Å². The number of nitrogens with one attached hydrogen (secondary N) is 1. The maximum atomic E-state index is 6.36. The first-order valence-electron chi connectivity index (χ1n) is 7.53. The molecule has 0 amide bonds. The predicted octanol–water partition coefficient (Wildman–Crippen LogP) is 1.43. The van der Waals surface area contributed by atoms with Crippen LogP contribution in [-0.2, 0) is 9.47 Å². The number of piperidine rings is 1. The van der Waals surface area contributed by atoms with E-state index in [4.69, 9.17) is 15.2 Å². The zero-order valence-electron chi connectivity index (χ0n) is 11.6. The molecule has 0 aliphatic carbocycles. The lowest BCUT2D eigenvalue weighted by Gasteiger charge is -2.37. The number of hydrogen-bond donors (Lipinski definition) is 2. The molecular weight excluding hydrogens is 228 g/mol. The quantitative estimate of drug-likeness (QED) is 0.706. The molecule has 2 aliphatic heterocycles. The Hall–Kier alpha value is -0.160. The van der Waals surface area contributed by atoms with Crippen molar-refractivity contribution in [1.29, 1.82) is 0 Å². The molecule has 2 rings (SSSR count). The third kappa shape index (κ3) is 3.92. The number of unbranched alkanes of at least 4 members (excludes halogenated alkanes) is 2. The van der Waals surface area contributed by atoms with E-state index in [0.29, 0.717) is 6.04 Å². The number of hydrogen-bond acceptors (Lipinski definition) is 4. The van der Waals surface area contributed by atoms with E-state index in [1.807, 2.05) is 0 Å². The lowest BCUT2D eigenvalue weighted by molar-refractivity contribution is -0.0467. The fourth-order valence-electron chi connectivity index (χ4n) is 2.93. The van der Waals surface area contributed by atoms with Crippen LogP contribution in [0.2, 0.25) is 0 Å². The Morgan fingerprint density at radius 1 is 1.33 bits per heavy atom. The standard InChI is InChI=1S/C14H28N2O2/c1-2-3-4-5-12-14(15)13(6-8-16-12)18-11-7-9-17-10-11/h11-14,16H,2-10,15H2,1H3/t11-,12?,13?,14?/m0/s1. The van der Waals surface area contributed by atoms with Crippen LogP contribution in [0.15, 0.2) is 0 Å². The van der Waals surface area contributed by atoms with Crippen LogP contribution in [0, 0.1) is 0 Å². The van der Waals surface area contributed by atoms with Gasteiger partial charge in [-0.05, 0) is 25.8 Å². The molecule has 0 aromatic carbocycles. The molecule has 3 unspecified atom stereocenters. The third-order valence-corrected chi connectivity index (χ3v) is 4.10. The van der Waals surface area contributed by atoms with Crippen LogP contribution in [-0.4, -0.2) is 44.1 Å². The van der Waals surface area contributed by atoms with Gasteiger partial charge in [-0.25, -0.2) is 0 Å². The van der Waals surface area contributed by atoms with Crippen LogP contribution in [0.4, 0.5) is 0 Å². The fourth-order valence-corrected chi connectivity index (χ4v) is 2.93. The fraction of sp³-hybridized carbons (Fsp3) is 1.00. The van der Waals surface area contributed by atoms with Crippen LogP contribution in [0.1, 0.15) is 45.4 Å². The van der Waals surface area contributed by atoms with Crippen molar-refractivity contribution in [2.75, 3.05) is 19.8 Å². The Balaban J connectivity index is 1.76. The first-order chi connectivity index (χ1) is 8.81. The molecule has 0 saturated carbocycles. The average molecular weight is 256 g/mol. The highest BCUT2D eigenvalue weighted by Gasteiger charge is 2.32. The van der Waals surface area contributed by atoms with Crippen LogP contribution in [0.3, 0.4) is 0 Å². The van der Waals surface area contributed by atoms with E-state index in [1.165, 1.54) is 25.7 Å². The molecule has 2 heterocycles. The van der Waals surface area contributed by atoms with Crippen molar-refractivity contribution in [3.63, 3.8) is 0 Å². The summed E-state index contributed by atoms with van der Waals surface area (Å²) >= 11 is 0. The van der Waals surface area contributed by atoms with Crippen LogP contribution >= 0.6 is 0 Å². The van der Waals surface area contributed by atoms with Crippen molar-refractivity contribution in [1.82, 2.24) is 5.32 Å². The van der Waals surface area contributed by atoms with E-state index in [9.17, 15) is 0 Å². The second-order valence-electron chi connectivity index (χ2n) is 5.58. The zero-order valence-corrected chi connectivity index (χ0v) is 11.6. The second-order valence-corrected chi connectivity index (χ2v) is 5.58. The molecule has 106 valence electrons. The van der Waals surface area contributed by atoms with E-state index in [-0.39, 0.29) is 18.2 Å². The molecule has 4 heteroatoms. The van der Waals surface area contributed by atoms with Gasteiger partial charge in [-0.1, -0.05) is 26.2 Å². The second kappa shape index (κ2) is 7.43. The molecule has 0 spiro atoms. The first-order valence-corrected chi connectivity index (χ1v) is 7.53. The van der Waals surface area contributed by atoms with Crippen molar-refractivity contribution in [2.45, 2.75) is 69.7 Å². The highest BCUT2D eigenvalue weighted by Crippen LogP contribution is 2.20. The lowest BCUT2D eigenvalue weighted by Crippen LogP contribution is -2.58. The minimum absolute atomic E-state index is 0.135. The summed E-state index contributed by atoms with van der Waals surface area (Å²) in [5, 5.41) is 3.55. The summed E-state index contributed by atoms with van der Waals surface area (Å²) in [6.07, 6.45) is 7.55. The molecule has 3 N–H and O–H groups in total. The molecule has 2 saturated heterocycles. The van der Waals surface area contributed by atoms with Gasteiger partial charge in [0, 0.05) is 18.7 Å². The molecular formula is C14H28N2O2. The highest BCUT2D eigenvalue weighted by atomic mass is 16.6. The van der Waals surface area contributed by atoms with Gasteiger partial charge >= 0.3 is 0 Å². The summed E-state index contributed by atoms with van der Waals surface area (Å²) in [6.45, 7) is 4.85. The molecule has 2 fully saturated rings. The Morgan fingerprint density at radius 2 is 2.22 bits per heavy atom. The summed E-state index contributed by atoms with van der Waals surface area (Å²) in [5.74, 6) is 0. The Kier molecular flexibility index (Phi) is 5.89. The van der Waals surface area contributed by atoms with Gasteiger partial charge in [0.25, 0.3) is 0 Å². The molecule has 18 heavy (non-hydrogen) atoms. The summed E-state index contributed by atoms with van der Waals surface area (Å²) in [5.41, 5.74) is 6.36. The Bertz CT molecular complexity index is 232. The zero-order chi connectivity index (χ0) is 12.8. The summed E-state index contributed by atoms with van der Waals surface area (Å²) in [6, 6.07) is 0.564. The van der Waals surface area contributed by atoms with Gasteiger partial charge in [0.1, 0.15) is 0 Å².